The molecule has 2 aliphatic rings. The molecule has 0 atom stereocenters. The van der Waals surface area contributed by atoms with E-state index in [2.05, 4.69) is 63.6 Å². The van der Waals surface area contributed by atoms with Crippen LogP contribution in [0.15, 0.2) is 54.6 Å². The van der Waals surface area contributed by atoms with Crippen molar-refractivity contribution in [2.45, 2.75) is 38.5 Å². The first kappa shape index (κ1) is 20.0. The summed E-state index contributed by atoms with van der Waals surface area (Å²) in [6, 6.07) is 18.8. The van der Waals surface area contributed by atoms with Gasteiger partial charge in [-0.15, -0.1) is 10.2 Å². The smallest absolute Gasteiger partial charge is 0.222 e. The highest BCUT2D eigenvalue weighted by Crippen LogP contribution is 2.27. The summed E-state index contributed by atoms with van der Waals surface area (Å²) in [4.78, 5) is 17.0. The van der Waals surface area contributed by atoms with Crippen molar-refractivity contribution in [3.8, 4) is 11.3 Å². The summed E-state index contributed by atoms with van der Waals surface area (Å²) in [6.07, 6.45) is 7.11. The Labute approximate surface area is 184 Å². The number of nitrogens with zero attached hydrogens (tertiary/aromatic N) is 4. The van der Waals surface area contributed by atoms with Gasteiger partial charge in [-0.2, -0.15) is 0 Å². The van der Waals surface area contributed by atoms with E-state index in [0.717, 1.165) is 49.7 Å². The molecule has 1 aliphatic carbocycles. The summed E-state index contributed by atoms with van der Waals surface area (Å²) in [5.74, 6) is 1.83. The van der Waals surface area contributed by atoms with Crippen molar-refractivity contribution >= 4 is 22.5 Å². The van der Waals surface area contributed by atoms with Crippen molar-refractivity contribution in [2.24, 2.45) is 5.92 Å². The van der Waals surface area contributed by atoms with Gasteiger partial charge in [-0.3, -0.25) is 4.79 Å². The van der Waals surface area contributed by atoms with E-state index >= 15 is 0 Å². The number of piperazine rings is 1. The topological polar surface area (TPSA) is 49.3 Å². The Kier molecular flexibility index (Phi) is 5.83. The average Bonchev–Trinajstić information content (AvgIpc) is 2.84. The van der Waals surface area contributed by atoms with Gasteiger partial charge in [0.25, 0.3) is 0 Å². The largest absolute Gasteiger partial charge is 0.352 e. The van der Waals surface area contributed by atoms with Crippen LogP contribution in [0.5, 0.6) is 0 Å². The van der Waals surface area contributed by atoms with Crippen molar-refractivity contribution < 1.29 is 4.79 Å². The number of amides is 1. The van der Waals surface area contributed by atoms with E-state index in [-0.39, 0.29) is 0 Å². The third-order valence-corrected chi connectivity index (χ3v) is 6.84. The number of aromatic nitrogens is 2. The monoisotopic (exact) mass is 414 g/mol. The molecule has 0 N–H and O–H groups in total. The van der Waals surface area contributed by atoms with Gasteiger partial charge in [0, 0.05) is 38.2 Å². The maximum Gasteiger partial charge on any atom is 0.222 e. The van der Waals surface area contributed by atoms with Gasteiger partial charge < -0.3 is 9.80 Å². The van der Waals surface area contributed by atoms with Gasteiger partial charge >= 0.3 is 0 Å². The minimum atomic E-state index is 0.337. The summed E-state index contributed by atoms with van der Waals surface area (Å²) in [5, 5.41) is 11.4. The summed E-state index contributed by atoms with van der Waals surface area (Å²) in [7, 11) is 0. The molecule has 1 amide bonds. The lowest BCUT2D eigenvalue weighted by atomic mass is 9.86. The maximum absolute atomic E-state index is 12.7. The molecule has 1 aromatic heterocycles. The molecular formula is C26H30N4O. The van der Waals surface area contributed by atoms with Crippen LogP contribution in [0.2, 0.25) is 0 Å². The lowest BCUT2D eigenvalue weighted by Crippen LogP contribution is -2.49. The minimum Gasteiger partial charge on any atom is -0.352 e. The molecule has 5 nitrogen and oxygen atoms in total. The highest BCUT2D eigenvalue weighted by Gasteiger charge is 2.25. The molecule has 1 saturated heterocycles. The number of benzene rings is 2. The van der Waals surface area contributed by atoms with Crippen LogP contribution >= 0.6 is 0 Å². The fourth-order valence-corrected chi connectivity index (χ4v) is 4.95. The number of rotatable bonds is 4. The third kappa shape index (κ3) is 4.55. The Bertz CT molecular complexity index is 1030. The predicted octanol–water partition coefficient (Wildman–Crippen LogP) is 4.92. The van der Waals surface area contributed by atoms with E-state index in [1.54, 1.807) is 0 Å². The number of anilines is 1. The van der Waals surface area contributed by atoms with Gasteiger partial charge in [-0.1, -0.05) is 55.7 Å². The summed E-state index contributed by atoms with van der Waals surface area (Å²) in [5.41, 5.74) is 1.96. The highest BCUT2D eigenvalue weighted by atomic mass is 16.2. The van der Waals surface area contributed by atoms with Crippen LogP contribution in [0.4, 0.5) is 5.82 Å². The number of hydrogen-bond acceptors (Lipinski definition) is 4. The van der Waals surface area contributed by atoms with Gasteiger partial charge in [0.05, 0.1) is 5.69 Å². The maximum atomic E-state index is 12.7. The first-order chi connectivity index (χ1) is 15.3. The van der Waals surface area contributed by atoms with Crippen molar-refractivity contribution in [2.75, 3.05) is 31.1 Å². The average molecular weight is 415 g/mol. The standard InChI is InChI=1S/C26H30N4O/c31-26(18-20-6-2-1-3-7-20)30-16-14-29(15-17-30)25-13-12-24(27-28-25)23-11-10-21-8-4-5-9-22(21)19-23/h4-5,8-13,19-20H,1-3,6-7,14-18H2. The second-order valence-corrected chi connectivity index (χ2v) is 8.91. The Morgan fingerprint density at radius 3 is 2.35 bits per heavy atom. The van der Waals surface area contributed by atoms with Crippen molar-refractivity contribution in [1.82, 2.24) is 15.1 Å². The molecule has 5 rings (SSSR count). The third-order valence-electron chi connectivity index (χ3n) is 6.84. The van der Waals surface area contributed by atoms with E-state index in [1.807, 2.05) is 11.0 Å². The van der Waals surface area contributed by atoms with E-state index in [4.69, 9.17) is 0 Å². The molecule has 1 aliphatic heterocycles. The lowest BCUT2D eigenvalue weighted by molar-refractivity contribution is -0.132. The summed E-state index contributed by atoms with van der Waals surface area (Å²) in [6.45, 7) is 3.19. The van der Waals surface area contributed by atoms with Crippen LogP contribution in [0, 0.1) is 5.92 Å². The van der Waals surface area contributed by atoms with Crippen LogP contribution in [-0.2, 0) is 4.79 Å². The molecule has 160 valence electrons. The zero-order valence-corrected chi connectivity index (χ0v) is 18.0. The Balaban J connectivity index is 1.19. The van der Waals surface area contributed by atoms with Gasteiger partial charge in [-0.25, -0.2) is 0 Å². The molecule has 31 heavy (non-hydrogen) atoms. The molecule has 0 spiro atoms. The molecular weight excluding hydrogens is 384 g/mol. The zero-order chi connectivity index (χ0) is 21.0. The van der Waals surface area contributed by atoms with Crippen molar-refractivity contribution in [3.05, 3.63) is 54.6 Å². The minimum absolute atomic E-state index is 0.337. The van der Waals surface area contributed by atoms with Gasteiger partial charge in [0.2, 0.25) is 5.91 Å². The number of carbonyl (C=O) groups is 1. The fraction of sp³-hybridized carbons (Fsp3) is 0.423. The van der Waals surface area contributed by atoms with E-state index < -0.39 is 0 Å². The molecule has 2 fully saturated rings. The molecule has 5 heteroatoms. The quantitative estimate of drug-likeness (QED) is 0.608. The first-order valence-corrected chi connectivity index (χ1v) is 11.6. The molecule has 3 aromatic rings. The molecule has 1 saturated carbocycles. The van der Waals surface area contributed by atoms with Crippen LogP contribution in [-0.4, -0.2) is 47.2 Å². The van der Waals surface area contributed by atoms with Crippen LogP contribution in [0.3, 0.4) is 0 Å². The SMILES string of the molecule is O=C(CC1CCCCC1)N1CCN(c2ccc(-c3ccc4ccccc4c3)nn2)CC1. The van der Waals surface area contributed by atoms with Gasteiger partial charge in [0.15, 0.2) is 5.82 Å². The summed E-state index contributed by atoms with van der Waals surface area (Å²) < 4.78 is 0. The first-order valence-electron chi connectivity index (χ1n) is 11.6. The fourth-order valence-electron chi connectivity index (χ4n) is 4.95. The number of fused-ring (bicyclic) bond motifs is 1. The Morgan fingerprint density at radius 2 is 1.61 bits per heavy atom. The van der Waals surface area contributed by atoms with E-state index in [1.165, 1.54) is 42.9 Å². The van der Waals surface area contributed by atoms with Crippen LogP contribution in [0.25, 0.3) is 22.0 Å². The molecule has 2 aromatic carbocycles. The Hall–Kier alpha value is -2.95. The van der Waals surface area contributed by atoms with E-state index in [0.29, 0.717) is 11.8 Å². The normalized spacial score (nSPS) is 17.8. The van der Waals surface area contributed by atoms with Gasteiger partial charge in [0.1, 0.15) is 0 Å². The van der Waals surface area contributed by atoms with Crippen LogP contribution < -0.4 is 4.90 Å². The van der Waals surface area contributed by atoms with Gasteiger partial charge in [-0.05, 0) is 47.7 Å². The number of carbonyl (C=O) groups excluding carboxylic acids is 1. The molecule has 0 unspecified atom stereocenters. The Morgan fingerprint density at radius 1 is 0.839 bits per heavy atom. The number of hydrogen-bond donors (Lipinski definition) is 0. The van der Waals surface area contributed by atoms with Crippen molar-refractivity contribution in [1.29, 1.82) is 0 Å². The molecule has 0 radical (unpaired) electrons. The van der Waals surface area contributed by atoms with E-state index in [9.17, 15) is 4.79 Å². The second kappa shape index (κ2) is 9.04. The second-order valence-electron chi connectivity index (χ2n) is 8.91. The lowest BCUT2D eigenvalue weighted by Gasteiger charge is -2.36. The zero-order valence-electron chi connectivity index (χ0n) is 18.0. The predicted molar refractivity (Wildman–Crippen MR) is 125 cm³/mol. The molecule has 0 bridgehead atoms. The van der Waals surface area contributed by atoms with Crippen molar-refractivity contribution in [3.63, 3.8) is 0 Å². The summed E-state index contributed by atoms with van der Waals surface area (Å²) >= 11 is 0. The molecule has 2 heterocycles. The highest BCUT2D eigenvalue weighted by molar-refractivity contribution is 5.86. The van der Waals surface area contributed by atoms with Crippen LogP contribution in [0.1, 0.15) is 38.5 Å².